The van der Waals surface area contributed by atoms with E-state index in [1.807, 2.05) is 0 Å². The second-order valence-electron chi connectivity index (χ2n) is 6.15. The van der Waals surface area contributed by atoms with Crippen molar-refractivity contribution in [2.45, 2.75) is 76.5 Å². The highest BCUT2D eigenvalue weighted by atomic mass is 16.2. The molecule has 3 rings (SSSR count). The van der Waals surface area contributed by atoms with Crippen LogP contribution >= 0.6 is 0 Å². The fourth-order valence-corrected chi connectivity index (χ4v) is 3.76. The lowest BCUT2D eigenvalue weighted by molar-refractivity contribution is -0.133. The van der Waals surface area contributed by atoms with E-state index in [2.05, 4.69) is 24.1 Å². The summed E-state index contributed by atoms with van der Waals surface area (Å²) in [6, 6.07) is 0.433. The number of nitrogens with one attached hydrogen (secondary N) is 1. The Kier molecular flexibility index (Phi) is 2.69. The van der Waals surface area contributed by atoms with Crippen molar-refractivity contribution in [1.82, 2.24) is 10.2 Å². The molecule has 3 fully saturated rings. The molecule has 0 aromatic heterocycles. The molecule has 0 radical (unpaired) electrons. The Balaban J connectivity index is 1.77. The molecule has 17 heavy (non-hydrogen) atoms. The van der Waals surface area contributed by atoms with Gasteiger partial charge in [-0.15, -0.1) is 0 Å². The number of carbonyl (C=O) groups is 1. The molecule has 0 aromatic rings. The third kappa shape index (κ3) is 1.70. The van der Waals surface area contributed by atoms with Crippen molar-refractivity contribution in [1.29, 1.82) is 0 Å². The van der Waals surface area contributed by atoms with Gasteiger partial charge in [0.05, 0.1) is 11.7 Å². The number of nitrogens with zero attached hydrogens (tertiary/aromatic N) is 1. The molecule has 0 aromatic carbocycles. The van der Waals surface area contributed by atoms with Crippen LogP contribution in [0.1, 0.15) is 58.8 Å². The second kappa shape index (κ2) is 3.98. The van der Waals surface area contributed by atoms with E-state index in [9.17, 15) is 4.79 Å². The molecule has 0 bridgehead atoms. The second-order valence-corrected chi connectivity index (χ2v) is 6.15. The van der Waals surface area contributed by atoms with E-state index in [1.54, 1.807) is 0 Å². The Labute approximate surface area is 104 Å². The van der Waals surface area contributed by atoms with E-state index in [1.165, 1.54) is 25.7 Å². The first kappa shape index (κ1) is 11.5. The number of hydrogen-bond acceptors (Lipinski definition) is 2. The van der Waals surface area contributed by atoms with Crippen LogP contribution in [0.15, 0.2) is 0 Å². The van der Waals surface area contributed by atoms with Crippen LogP contribution in [0.2, 0.25) is 0 Å². The Morgan fingerprint density at radius 1 is 1.41 bits per heavy atom. The lowest BCUT2D eigenvalue weighted by atomic mass is 9.97. The summed E-state index contributed by atoms with van der Waals surface area (Å²) in [5, 5.41) is 3.57. The van der Waals surface area contributed by atoms with Gasteiger partial charge in [-0.2, -0.15) is 0 Å². The maximum Gasteiger partial charge on any atom is 0.244 e. The summed E-state index contributed by atoms with van der Waals surface area (Å²) in [4.78, 5) is 14.7. The molecule has 1 N–H and O–H groups in total. The van der Waals surface area contributed by atoms with Crippen LogP contribution in [-0.4, -0.2) is 28.6 Å². The predicted molar refractivity (Wildman–Crippen MR) is 67.4 cm³/mol. The van der Waals surface area contributed by atoms with Gasteiger partial charge in [0.1, 0.15) is 0 Å². The van der Waals surface area contributed by atoms with Crippen molar-refractivity contribution < 1.29 is 4.79 Å². The van der Waals surface area contributed by atoms with Crippen LogP contribution in [0.3, 0.4) is 0 Å². The van der Waals surface area contributed by atoms with Crippen molar-refractivity contribution in [2.75, 3.05) is 0 Å². The van der Waals surface area contributed by atoms with Crippen LogP contribution in [0.5, 0.6) is 0 Å². The average Bonchev–Trinajstić information content (AvgIpc) is 2.81. The first-order valence-electron chi connectivity index (χ1n) is 7.28. The van der Waals surface area contributed by atoms with E-state index in [4.69, 9.17) is 0 Å². The van der Waals surface area contributed by atoms with Crippen LogP contribution < -0.4 is 5.32 Å². The zero-order valence-electron chi connectivity index (χ0n) is 11.0. The van der Waals surface area contributed by atoms with Crippen molar-refractivity contribution >= 4 is 5.91 Å². The molecule has 2 saturated carbocycles. The zero-order valence-corrected chi connectivity index (χ0v) is 11.0. The van der Waals surface area contributed by atoms with Gasteiger partial charge in [-0.05, 0) is 44.9 Å². The molecular formula is C14H24N2O. The zero-order chi connectivity index (χ0) is 12.0. The van der Waals surface area contributed by atoms with E-state index in [0.29, 0.717) is 18.1 Å². The van der Waals surface area contributed by atoms with Gasteiger partial charge < -0.3 is 4.90 Å². The van der Waals surface area contributed by atoms with E-state index < -0.39 is 0 Å². The fourth-order valence-electron chi connectivity index (χ4n) is 3.76. The maximum atomic E-state index is 12.5. The number of hydrogen-bond donors (Lipinski definition) is 1. The largest absolute Gasteiger partial charge is 0.323 e. The molecule has 1 saturated heterocycles. The summed E-state index contributed by atoms with van der Waals surface area (Å²) in [5.41, 5.74) is -0.131. The van der Waals surface area contributed by atoms with Crippen molar-refractivity contribution in [3.63, 3.8) is 0 Å². The SMILES string of the molecule is CCC1NC2(CC2)C(=O)N1C(C)C1CCCC1. The highest BCUT2D eigenvalue weighted by molar-refractivity contribution is 5.92. The summed E-state index contributed by atoms with van der Waals surface area (Å²) >= 11 is 0. The van der Waals surface area contributed by atoms with Gasteiger partial charge in [-0.25, -0.2) is 0 Å². The Bertz CT molecular complexity index is 318. The van der Waals surface area contributed by atoms with E-state index >= 15 is 0 Å². The van der Waals surface area contributed by atoms with Gasteiger partial charge in [-0.3, -0.25) is 10.1 Å². The first-order valence-corrected chi connectivity index (χ1v) is 7.28. The summed E-state index contributed by atoms with van der Waals surface area (Å²) in [6.07, 6.45) is 8.76. The summed E-state index contributed by atoms with van der Waals surface area (Å²) < 4.78 is 0. The van der Waals surface area contributed by atoms with Gasteiger partial charge in [0.15, 0.2) is 0 Å². The maximum absolute atomic E-state index is 12.5. The van der Waals surface area contributed by atoms with E-state index in [0.717, 1.165) is 25.2 Å². The molecule has 2 aliphatic carbocycles. The van der Waals surface area contributed by atoms with Gasteiger partial charge in [0.2, 0.25) is 5.91 Å². The highest BCUT2D eigenvalue weighted by Crippen LogP contribution is 2.44. The minimum absolute atomic E-state index is 0.131. The Morgan fingerprint density at radius 3 is 2.59 bits per heavy atom. The minimum atomic E-state index is -0.131. The molecule has 2 atom stereocenters. The summed E-state index contributed by atoms with van der Waals surface area (Å²) in [6.45, 7) is 4.44. The molecule has 1 amide bonds. The predicted octanol–water partition coefficient (Wildman–Crippen LogP) is 2.27. The lowest BCUT2D eigenvalue weighted by Gasteiger charge is -2.33. The monoisotopic (exact) mass is 236 g/mol. The topological polar surface area (TPSA) is 32.3 Å². The van der Waals surface area contributed by atoms with Crippen molar-refractivity contribution in [2.24, 2.45) is 5.92 Å². The number of rotatable bonds is 3. The molecule has 3 aliphatic rings. The Morgan fingerprint density at radius 2 is 2.06 bits per heavy atom. The molecule has 3 heteroatoms. The molecule has 2 unspecified atom stereocenters. The fraction of sp³-hybridized carbons (Fsp3) is 0.929. The van der Waals surface area contributed by atoms with Gasteiger partial charge >= 0.3 is 0 Å². The summed E-state index contributed by atoms with van der Waals surface area (Å²) in [5.74, 6) is 1.13. The van der Waals surface area contributed by atoms with Crippen LogP contribution in [0, 0.1) is 5.92 Å². The molecule has 1 spiro atoms. The van der Waals surface area contributed by atoms with Crippen molar-refractivity contribution in [3.05, 3.63) is 0 Å². The van der Waals surface area contributed by atoms with Crippen molar-refractivity contribution in [3.8, 4) is 0 Å². The summed E-state index contributed by atoms with van der Waals surface area (Å²) in [7, 11) is 0. The van der Waals surface area contributed by atoms with Crippen LogP contribution in [0.25, 0.3) is 0 Å². The van der Waals surface area contributed by atoms with Crippen LogP contribution in [-0.2, 0) is 4.79 Å². The number of carbonyl (C=O) groups excluding carboxylic acids is 1. The smallest absolute Gasteiger partial charge is 0.244 e. The normalized spacial score (nSPS) is 33.6. The lowest BCUT2D eigenvalue weighted by Crippen LogP contribution is -2.45. The molecule has 1 heterocycles. The van der Waals surface area contributed by atoms with E-state index in [-0.39, 0.29) is 5.54 Å². The molecule has 96 valence electrons. The standard InChI is InChI=1S/C14H24N2O/c1-3-12-15-14(8-9-14)13(17)16(12)10(2)11-6-4-5-7-11/h10-12,15H,3-9H2,1-2H3. The Hall–Kier alpha value is -0.570. The molecule has 3 nitrogen and oxygen atoms in total. The van der Waals surface area contributed by atoms with Gasteiger partial charge in [0, 0.05) is 6.04 Å². The number of amides is 1. The quantitative estimate of drug-likeness (QED) is 0.815. The molecule has 1 aliphatic heterocycles. The third-order valence-corrected chi connectivity index (χ3v) is 5.08. The van der Waals surface area contributed by atoms with Gasteiger partial charge in [-0.1, -0.05) is 19.8 Å². The molecular weight excluding hydrogens is 212 g/mol. The average molecular weight is 236 g/mol. The minimum Gasteiger partial charge on any atom is -0.323 e. The first-order chi connectivity index (χ1) is 8.18. The highest BCUT2D eigenvalue weighted by Gasteiger charge is 2.59. The van der Waals surface area contributed by atoms with Crippen LogP contribution in [0.4, 0.5) is 0 Å². The third-order valence-electron chi connectivity index (χ3n) is 5.08. The van der Waals surface area contributed by atoms with Gasteiger partial charge in [0.25, 0.3) is 0 Å².